The molecule has 166 valence electrons. The minimum Gasteiger partial charge on any atom is -0.474 e. The van der Waals surface area contributed by atoms with Gasteiger partial charge in [-0.05, 0) is 43.0 Å². The summed E-state index contributed by atoms with van der Waals surface area (Å²) in [6.07, 6.45) is 2.61. The number of nitrogens with zero attached hydrogens (tertiary/aromatic N) is 3. The Labute approximate surface area is 183 Å². The van der Waals surface area contributed by atoms with Crippen molar-refractivity contribution >= 4 is 34.1 Å². The molecule has 5 rings (SSSR count). The van der Waals surface area contributed by atoms with Crippen LogP contribution in [0.15, 0.2) is 24.5 Å². The van der Waals surface area contributed by atoms with Crippen LogP contribution in [0.3, 0.4) is 0 Å². The lowest BCUT2D eigenvalue weighted by molar-refractivity contribution is 0.199. The van der Waals surface area contributed by atoms with Crippen LogP contribution in [0.2, 0.25) is 0 Å². The Morgan fingerprint density at radius 3 is 2.88 bits per heavy atom. The summed E-state index contributed by atoms with van der Waals surface area (Å²) in [6.45, 7) is 4.32. The van der Waals surface area contributed by atoms with E-state index in [1.807, 2.05) is 6.92 Å². The highest BCUT2D eigenvalue weighted by molar-refractivity contribution is 5.99. The monoisotopic (exact) mass is 438 g/mol. The molecular weight excluding hydrogens is 415 g/mol. The van der Waals surface area contributed by atoms with Gasteiger partial charge in [-0.3, -0.25) is 4.90 Å². The first kappa shape index (κ1) is 20.3. The number of amides is 1. The first-order chi connectivity index (χ1) is 15.5. The number of benzene rings is 1. The number of halogens is 1. The van der Waals surface area contributed by atoms with Crippen molar-refractivity contribution in [2.24, 2.45) is 0 Å². The van der Waals surface area contributed by atoms with Gasteiger partial charge in [-0.2, -0.15) is 0 Å². The summed E-state index contributed by atoms with van der Waals surface area (Å²) in [7, 11) is 0. The molecular formula is C22H23FN6O3. The van der Waals surface area contributed by atoms with Gasteiger partial charge in [-0.25, -0.2) is 19.2 Å². The second-order valence-electron chi connectivity index (χ2n) is 7.97. The SMILES string of the molecule is Cc1c(-c2cc3cc(N(C(=O)O)[C@@H]4CCNC4)ncc3c(N)c2F)cnc2c1NCCO2. The van der Waals surface area contributed by atoms with Crippen LogP contribution in [0.1, 0.15) is 12.0 Å². The van der Waals surface area contributed by atoms with Gasteiger partial charge >= 0.3 is 6.09 Å². The number of nitrogens with two attached hydrogens (primary N) is 1. The van der Waals surface area contributed by atoms with Crippen LogP contribution < -0.4 is 26.0 Å². The van der Waals surface area contributed by atoms with Crippen molar-refractivity contribution in [1.82, 2.24) is 15.3 Å². The zero-order valence-electron chi connectivity index (χ0n) is 17.5. The summed E-state index contributed by atoms with van der Waals surface area (Å²) in [5, 5.41) is 17.2. The van der Waals surface area contributed by atoms with Crippen molar-refractivity contribution in [2.45, 2.75) is 19.4 Å². The van der Waals surface area contributed by atoms with Crippen LogP contribution in [-0.4, -0.2) is 53.5 Å². The van der Waals surface area contributed by atoms with Gasteiger partial charge in [0.25, 0.3) is 0 Å². The Morgan fingerprint density at radius 2 is 2.12 bits per heavy atom. The molecule has 0 spiro atoms. The Morgan fingerprint density at radius 1 is 1.28 bits per heavy atom. The zero-order chi connectivity index (χ0) is 22.4. The number of nitrogens with one attached hydrogen (secondary N) is 2. The predicted octanol–water partition coefficient (Wildman–Crippen LogP) is 2.98. The molecule has 0 unspecified atom stereocenters. The van der Waals surface area contributed by atoms with E-state index in [1.54, 1.807) is 18.3 Å². The number of nitrogen functional groups attached to an aromatic ring is 1. The first-order valence-corrected chi connectivity index (χ1v) is 10.4. The Bertz CT molecular complexity index is 1230. The van der Waals surface area contributed by atoms with Crippen molar-refractivity contribution in [2.75, 3.05) is 42.2 Å². The molecule has 10 heteroatoms. The molecule has 0 bridgehead atoms. The van der Waals surface area contributed by atoms with Gasteiger partial charge in [0.2, 0.25) is 5.88 Å². The summed E-state index contributed by atoms with van der Waals surface area (Å²) in [6, 6.07) is 3.09. The van der Waals surface area contributed by atoms with E-state index in [2.05, 4.69) is 20.6 Å². The number of pyridine rings is 2. The highest BCUT2D eigenvalue weighted by Gasteiger charge is 2.29. The number of aromatic nitrogens is 2. The molecule has 0 saturated carbocycles. The van der Waals surface area contributed by atoms with E-state index in [1.165, 1.54) is 11.1 Å². The number of fused-ring (bicyclic) bond motifs is 2. The van der Waals surface area contributed by atoms with Gasteiger partial charge in [0.15, 0.2) is 5.82 Å². The van der Waals surface area contributed by atoms with E-state index in [0.717, 1.165) is 17.8 Å². The standard InChI is InChI=1S/C22H23FN6O3/c1-11-15(9-28-21-20(11)26-4-5-32-21)14-6-12-7-17(27-10-16(12)19(24)18(14)23)29(22(30)31)13-2-3-25-8-13/h6-7,9-10,13,25-26H,2-5,8,24H2,1H3,(H,30,31)/t13-/m1/s1. The summed E-state index contributed by atoms with van der Waals surface area (Å²) < 4.78 is 20.9. The minimum atomic E-state index is -1.08. The molecule has 1 fully saturated rings. The maximum atomic E-state index is 15.3. The quantitative estimate of drug-likeness (QED) is 0.460. The van der Waals surface area contributed by atoms with Crippen LogP contribution in [-0.2, 0) is 0 Å². The number of hydrogen-bond acceptors (Lipinski definition) is 7. The van der Waals surface area contributed by atoms with Crippen LogP contribution >= 0.6 is 0 Å². The normalized spacial score (nSPS) is 17.5. The Kier molecular flexibility index (Phi) is 4.93. The second-order valence-corrected chi connectivity index (χ2v) is 7.97. The highest BCUT2D eigenvalue weighted by atomic mass is 19.1. The zero-order valence-corrected chi connectivity index (χ0v) is 17.5. The summed E-state index contributed by atoms with van der Waals surface area (Å²) in [4.78, 5) is 21.8. The van der Waals surface area contributed by atoms with Gasteiger partial charge in [0.05, 0.1) is 11.7 Å². The number of carboxylic acid groups (broad SMARTS) is 1. The van der Waals surface area contributed by atoms with Gasteiger partial charge in [0.1, 0.15) is 18.1 Å². The smallest absolute Gasteiger partial charge is 0.413 e. The fraction of sp³-hybridized carbons (Fsp3) is 0.318. The summed E-state index contributed by atoms with van der Waals surface area (Å²) in [5.74, 6) is 0.204. The number of hydrogen-bond donors (Lipinski definition) is 4. The fourth-order valence-electron chi connectivity index (χ4n) is 4.41. The highest BCUT2D eigenvalue weighted by Crippen LogP contribution is 2.40. The van der Waals surface area contributed by atoms with Crippen LogP contribution in [0.25, 0.3) is 21.9 Å². The lowest BCUT2D eigenvalue weighted by atomic mass is 9.97. The summed E-state index contributed by atoms with van der Waals surface area (Å²) >= 11 is 0. The Balaban J connectivity index is 1.65. The van der Waals surface area contributed by atoms with Gasteiger partial charge < -0.3 is 26.2 Å². The third-order valence-corrected chi connectivity index (χ3v) is 6.07. The van der Waals surface area contributed by atoms with Crippen molar-refractivity contribution in [1.29, 1.82) is 0 Å². The maximum Gasteiger partial charge on any atom is 0.413 e. The number of anilines is 3. The van der Waals surface area contributed by atoms with E-state index in [4.69, 9.17) is 10.5 Å². The van der Waals surface area contributed by atoms with E-state index in [9.17, 15) is 9.90 Å². The van der Waals surface area contributed by atoms with Gasteiger partial charge in [0, 0.05) is 42.0 Å². The Hall–Kier alpha value is -3.66. The minimum absolute atomic E-state index is 0.0395. The lowest BCUT2D eigenvalue weighted by Gasteiger charge is -2.25. The number of carbonyl (C=O) groups is 1. The topological polar surface area (TPSA) is 126 Å². The molecule has 1 aromatic carbocycles. The van der Waals surface area contributed by atoms with Crippen LogP contribution in [0.5, 0.6) is 5.88 Å². The molecule has 1 amide bonds. The van der Waals surface area contributed by atoms with E-state index in [-0.39, 0.29) is 23.1 Å². The molecule has 4 heterocycles. The lowest BCUT2D eigenvalue weighted by Crippen LogP contribution is -2.41. The largest absolute Gasteiger partial charge is 0.474 e. The first-order valence-electron chi connectivity index (χ1n) is 10.4. The molecule has 9 nitrogen and oxygen atoms in total. The molecule has 2 aliphatic heterocycles. The predicted molar refractivity (Wildman–Crippen MR) is 120 cm³/mol. The van der Waals surface area contributed by atoms with E-state index >= 15 is 4.39 Å². The molecule has 1 atom stereocenters. The van der Waals surface area contributed by atoms with Gasteiger partial charge in [-0.1, -0.05) is 0 Å². The molecule has 0 aliphatic carbocycles. The van der Waals surface area contributed by atoms with Crippen molar-refractivity contribution in [3.63, 3.8) is 0 Å². The third kappa shape index (κ3) is 3.23. The van der Waals surface area contributed by atoms with Crippen molar-refractivity contribution < 1.29 is 19.0 Å². The number of ether oxygens (including phenoxy) is 1. The fourth-order valence-corrected chi connectivity index (χ4v) is 4.41. The van der Waals surface area contributed by atoms with E-state index < -0.39 is 11.9 Å². The molecule has 32 heavy (non-hydrogen) atoms. The summed E-state index contributed by atoms with van der Waals surface area (Å²) in [5.41, 5.74) is 8.50. The maximum absolute atomic E-state index is 15.3. The molecule has 2 aliphatic rings. The molecule has 1 saturated heterocycles. The number of rotatable bonds is 3. The third-order valence-electron chi connectivity index (χ3n) is 6.07. The van der Waals surface area contributed by atoms with Crippen LogP contribution in [0.4, 0.5) is 26.4 Å². The second kappa shape index (κ2) is 7.79. The average molecular weight is 438 g/mol. The molecule has 3 aromatic rings. The molecule has 5 N–H and O–H groups in total. The molecule has 2 aromatic heterocycles. The molecule has 0 radical (unpaired) electrons. The van der Waals surface area contributed by atoms with Crippen LogP contribution in [0, 0.1) is 12.7 Å². The van der Waals surface area contributed by atoms with Gasteiger partial charge in [-0.15, -0.1) is 0 Å². The van der Waals surface area contributed by atoms with E-state index in [0.29, 0.717) is 48.3 Å². The van der Waals surface area contributed by atoms with Crippen molar-refractivity contribution in [3.8, 4) is 17.0 Å². The average Bonchev–Trinajstić information content (AvgIpc) is 3.31. The van der Waals surface area contributed by atoms with Crippen molar-refractivity contribution in [3.05, 3.63) is 35.9 Å².